The maximum atomic E-state index is 13.2. The molecule has 0 saturated carbocycles. The first-order valence-electron chi connectivity index (χ1n) is 5.05. The van der Waals surface area contributed by atoms with Gasteiger partial charge >= 0.3 is 0 Å². The third kappa shape index (κ3) is 2.59. The predicted octanol–water partition coefficient (Wildman–Crippen LogP) is 2.07. The molecule has 0 aliphatic heterocycles. The van der Waals surface area contributed by atoms with E-state index in [1.807, 2.05) is 7.05 Å². The van der Waals surface area contributed by atoms with E-state index in [-0.39, 0.29) is 11.6 Å². The zero-order valence-corrected chi connectivity index (χ0v) is 10.3. The molecule has 17 heavy (non-hydrogen) atoms. The highest BCUT2D eigenvalue weighted by Crippen LogP contribution is 2.28. The summed E-state index contributed by atoms with van der Waals surface area (Å²) in [6, 6.07) is 4.66. The van der Waals surface area contributed by atoms with Gasteiger partial charge in [0.15, 0.2) is 11.6 Å². The van der Waals surface area contributed by atoms with Gasteiger partial charge in [-0.2, -0.15) is 0 Å². The maximum absolute atomic E-state index is 13.2. The summed E-state index contributed by atoms with van der Waals surface area (Å²) in [5.74, 6) is -0.163. The van der Waals surface area contributed by atoms with Gasteiger partial charge < -0.3 is 10.1 Å². The van der Waals surface area contributed by atoms with Crippen molar-refractivity contribution in [2.24, 2.45) is 0 Å². The number of methoxy groups -OCH3 is 1. The molecule has 6 heteroatoms. The van der Waals surface area contributed by atoms with Crippen LogP contribution in [0, 0.1) is 5.82 Å². The van der Waals surface area contributed by atoms with Crippen LogP contribution in [0.5, 0.6) is 5.75 Å². The van der Waals surface area contributed by atoms with E-state index in [0.717, 1.165) is 15.6 Å². The second-order valence-corrected chi connectivity index (χ2v) is 4.44. The van der Waals surface area contributed by atoms with Gasteiger partial charge in [-0.3, -0.25) is 0 Å². The monoisotopic (exact) mass is 253 g/mol. The van der Waals surface area contributed by atoms with Crippen molar-refractivity contribution in [3.05, 3.63) is 29.0 Å². The number of halogens is 1. The van der Waals surface area contributed by atoms with Gasteiger partial charge in [-0.25, -0.2) is 4.39 Å². The van der Waals surface area contributed by atoms with Gasteiger partial charge in [-0.1, -0.05) is 11.3 Å². The molecule has 0 saturated heterocycles. The van der Waals surface area contributed by atoms with Crippen LogP contribution < -0.4 is 10.1 Å². The molecule has 0 radical (unpaired) electrons. The highest BCUT2D eigenvalue weighted by atomic mass is 32.1. The second-order valence-electron chi connectivity index (χ2n) is 3.38. The molecule has 0 spiro atoms. The highest BCUT2D eigenvalue weighted by Gasteiger charge is 2.09. The Kier molecular flexibility index (Phi) is 3.65. The van der Waals surface area contributed by atoms with Crippen molar-refractivity contribution in [3.63, 3.8) is 0 Å². The summed E-state index contributed by atoms with van der Waals surface area (Å²) in [6.07, 6.45) is 0. The van der Waals surface area contributed by atoms with Crippen molar-refractivity contribution in [1.29, 1.82) is 0 Å². The number of rotatable bonds is 4. The van der Waals surface area contributed by atoms with Crippen molar-refractivity contribution in [2.75, 3.05) is 14.2 Å². The van der Waals surface area contributed by atoms with Gasteiger partial charge in [-0.15, -0.1) is 10.2 Å². The fourth-order valence-electron chi connectivity index (χ4n) is 1.39. The topological polar surface area (TPSA) is 47.0 Å². The average Bonchev–Trinajstić information content (AvgIpc) is 2.79. The van der Waals surface area contributed by atoms with Crippen molar-refractivity contribution in [3.8, 4) is 16.3 Å². The lowest BCUT2D eigenvalue weighted by Crippen LogP contribution is -2.04. The van der Waals surface area contributed by atoms with E-state index in [0.29, 0.717) is 6.54 Å². The summed E-state index contributed by atoms with van der Waals surface area (Å²) >= 11 is 1.47. The molecule has 2 rings (SSSR count). The van der Waals surface area contributed by atoms with Gasteiger partial charge in [-0.05, 0) is 25.2 Å². The molecule has 90 valence electrons. The Morgan fingerprint density at radius 1 is 1.41 bits per heavy atom. The Balaban J connectivity index is 2.32. The van der Waals surface area contributed by atoms with Crippen LogP contribution in [-0.4, -0.2) is 24.4 Å². The Labute approximate surface area is 102 Å². The van der Waals surface area contributed by atoms with E-state index in [1.54, 1.807) is 12.1 Å². The second kappa shape index (κ2) is 5.20. The molecule has 1 aromatic heterocycles. The number of aromatic nitrogens is 2. The fourth-order valence-corrected chi connectivity index (χ4v) is 2.23. The molecule has 0 bridgehead atoms. The molecule has 0 fully saturated rings. The third-order valence-corrected chi connectivity index (χ3v) is 3.17. The first kappa shape index (κ1) is 11.9. The SMILES string of the molecule is CNCc1nnc(-c2ccc(F)c(OC)c2)s1. The van der Waals surface area contributed by atoms with E-state index in [4.69, 9.17) is 4.74 Å². The number of hydrogen-bond acceptors (Lipinski definition) is 5. The first-order valence-corrected chi connectivity index (χ1v) is 5.87. The van der Waals surface area contributed by atoms with Gasteiger partial charge in [0.05, 0.1) is 7.11 Å². The fraction of sp³-hybridized carbons (Fsp3) is 0.273. The van der Waals surface area contributed by atoms with Crippen LogP contribution in [-0.2, 0) is 6.54 Å². The molecule has 0 atom stereocenters. The number of nitrogens with one attached hydrogen (secondary N) is 1. The van der Waals surface area contributed by atoms with E-state index < -0.39 is 0 Å². The van der Waals surface area contributed by atoms with E-state index >= 15 is 0 Å². The van der Waals surface area contributed by atoms with E-state index in [1.165, 1.54) is 24.5 Å². The lowest BCUT2D eigenvalue weighted by Gasteiger charge is -2.02. The summed E-state index contributed by atoms with van der Waals surface area (Å²) in [5.41, 5.74) is 0.808. The van der Waals surface area contributed by atoms with Crippen molar-refractivity contribution >= 4 is 11.3 Å². The molecule has 2 aromatic rings. The minimum Gasteiger partial charge on any atom is -0.494 e. The lowest BCUT2D eigenvalue weighted by molar-refractivity contribution is 0.387. The Morgan fingerprint density at radius 2 is 2.24 bits per heavy atom. The molecule has 0 unspecified atom stereocenters. The quantitative estimate of drug-likeness (QED) is 0.906. The van der Waals surface area contributed by atoms with Crippen LogP contribution in [0.15, 0.2) is 18.2 Å². The van der Waals surface area contributed by atoms with Crippen LogP contribution in [0.4, 0.5) is 4.39 Å². The summed E-state index contributed by atoms with van der Waals surface area (Å²) in [4.78, 5) is 0. The Bertz CT molecular complexity index is 515. The Hall–Kier alpha value is -1.53. The van der Waals surface area contributed by atoms with Gasteiger partial charge in [0.25, 0.3) is 0 Å². The van der Waals surface area contributed by atoms with Crippen molar-refractivity contribution in [2.45, 2.75) is 6.54 Å². The van der Waals surface area contributed by atoms with Crippen molar-refractivity contribution in [1.82, 2.24) is 15.5 Å². The summed E-state index contributed by atoms with van der Waals surface area (Å²) in [5, 5.41) is 12.7. The molecule has 0 aliphatic carbocycles. The number of ether oxygens (including phenoxy) is 1. The van der Waals surface area contributed by atoms with Crippen LogP contribution in [0.25, 0.3) is 10.6 Å². The van der Waals surface area contributed by atoms with Crippen LogP contribution in [0.1, 0.15) is 5.01 Å². The summed E-state index contributed by atoms with van der Waals surface area (Å²) in [7, 11) is 3.29. The van der Waals surface area contributed by atoms with Gasteiger partial charge in [0.1, 0.15) is 10.0 Å². The summed E-state index contributed by atoms with van der Waals surface area (Å²) < 4.78 is 18.2. The predicted molar refractivity (Wildman–Crippen MR) is 64.6 cm³/mol. The molecule has 0 aliphatic rings. The van der Waals surface area contributed by atoms with Crippen LogP contribution in [0.3, 0.4) is 0 Å². The lowest BCUT2D eigenvalue weighted by atomic mass is 10.2. The minimum atomic E-state index is -0.379. The molecule has 1 N–H and O–H groups in total. The molecular weight excluding hydrogens is 241 g/mol. The zero-order chi connectivity index (χ0) is 12.3. The molecular formula is C11H12FN3OS. The molecule has 1 aromatic carbocycles. The highest BCUT2D eigenvalue weighted by molar-refractivity contribution is 7.14. The number of nitrogens with zero attached hydrogens (tertiary/aromatic N) is 2. The largest absolute Gasteiger partial charge is 0.494 e. The zero-order valence-electron chi connectivity index (χ0n) is 9.53. The molecule has 4 nitrogen and oxygen atoms in total. The smallest absolute Gasteiger partial charge is 0.165 e. The maximum Gasteiger partial charge on any atom is 0.165 e. The van der Waals surface area contributed by atoms with E-state index in [2.05, 4.69) is 15.5 Å². The van der Waals surface area contributed by atoms with Crippen LogP contribution in [0.2, 0.25) is 0 Å². The average molecular weight is 253 g/mol. The molecule has 1 heterocycles. The minimum absolute atomic E-state index is 0.216. The van der Waals surface area contributed by atoms with Crippen LogP contribution >= 0.6 is 11.3 Å². The Morgan fingerprint density at radius 3 is 2.94 bits per heavy atom. The van der Waals surface area contributed by atoms with Crippen molar-refractivity contribution < 1.29 is 9.13 Å². The third-order valence-electron chi connectivity index (χ3n) is 2.19. The number of hydrogen-bond donors (Lipinski definition) is 1. The van der Waals surface area contributed by atoms with Gasteiger partial charge in [0.2, 0.25) is 0 Å². The van der Waals surface area contributed by atoms with E-state index in [9.17, 15) is 4.39 Å². The number of benzene rings is 1. The first-order chi connectivity index (χ1) is 8.24. The molecule has 0 amide bonds. The normalized spacial score (nSPS) is 10.5. The van der Waals surface area contributed by atoms with Gasteiger partial charge in [0, 0.05) is 12.1 Å². The standard InChI is InChI=1S/C11H12FN3OS/c1-13-6-10-14-15-11(17-10)7-3-4-8(12)9(5-7)16-2/h3-5,13H,6H2,1-2H3. The summed E-state index contributed by atoms with van der Waals surface area (Å²) in [6.45, 7) is 0.677.